The highest BCUT2D eigenvalue weighted by molar-refractivity contribution is 5.73. The number of anilines is 2. The molecule has 94 valence electrons. The molecule has 4 nitrogen and oxygen atoms in total. The van der Waals surface area contributed by atoms with Crippen LogP contribution >= 0.6 is 0 Å². The third-order valence-electron chi connectivity index (χ3n) is 3.14. The van der Waals surface area contributed by atoms with Gasteiger partial charge in [-0.05, 0) is 31.9 Å². The minimum Gasteiger partial charge on any atom is -0.495 e. The maximum Gasteiger partial charge on any atom is 0.143 e. The Morgan fingerprint density at radius 1 is 1.41 bits per heavy atom. The van der Waals surface area contributed by atoms with Gasteiger partial charge in [0, 0.05) is 12.6 Å². The van der Waals surface area contributed by atoms with Crippen LogP contribution in [0.2, 0.25) is 0 Å². The number of hydrogen-bond donors (Lipinski definition) is 2. The van der Waals surface area contributed by atoms with Crippen molar-refractivity contribution >= 4 is 11.4 Å². The topological polar surface area (TPSA) is 56.5 Å². The van der Waals surface area contributed by atoms with Crippen LogP contribution in [0, 0.1) is 0 Å². The number of nitrogens with two attached hydrogens (primary N) is 1. The zero-order chi connectivity index (χ0) is 12.3. The van der Waals surface area contributed by atoms with Gasteiger partial charge in [-0.25, -0.2) is 0 Å². The summed E-state index contributed by atoms with van der Waals surface area (Å²) >= 11 is 0. The molecule has 0 saturated heterocycles. The van der Waals surface area contributed by atoms with E-state index < -0.39 is 0 Å². The van der Waals surface area contributed by atoms with Crippen molar-refractivity contribution in [1.82, 2.24) is 0 Å². The molecule has 0 bridgehead atoms. The van der Waals surface area contributed by atoms with Crippen LogP contribution in [0.1, 0.15) is 19.8 Å². The normalized spacial score (nSPS) is 22.9. The molecule has 1 aliphatic rings. The average Bonchev–Trinajstić information content (AvgIpc) is 2.28. The Balaban J connectivity index is 1.92. The molecule has 0 atom stereocenters. The van der Waals surface area contributed by atoms with Gasteiger partial charge >= 0.3 is 0 Å². The molecule has 0 amide bonds. The largest absolute Gasteiger partial charge is 0.495 e. The number of methoxy groups -OCH3 is 1. The molecule has 1 aliphatic carbocycles. The van der Waals surface area contributed by atoms with E-state index in [0.717, 1.165) is 30.9 Å². The summed E-state index contributed by atoms with van der Waals surface area (Å²) in [6.07, 6.45) is 2.50. The molecule has 1 fully saturated rings. The van der Waals surface area contributed by atoms with E-state index in [-0.39, 0.29) is 0 Å². The van der Waals surface area contributed by atoms with Crippen molar-refractivity contribution in [2.75, 3.05) is 24.8 Å². The highest BCUT2D eigenvalue weighted by Gasteiger charge is 2.29. The molecule has 1 aromatic rings. The Labute approximate surface area is 102 Å². The SMILES string of the molecule is CCOC1CC(Nc2cccc(OC)c2N)C1. The predicted molar refractivity (Wildman–Crippen MR) is 69.5 cm³/mol. The first-order valence-electron chi connectivity index (χ1n) is 6.05. The van der Waals surface area contributed by atoms with E-state index in [1.807, 2.05) is 25.1 Å². The van der Waals surface area contributed by atoms with Crippen LogP contribution in [0.4, 0.5) is 11.4 Å². The van der Waals surface area contributed by atoms with Crippen LogP contribution in [-0.4, -0.2) is 25.9 Å². The fraction of sp³-hybridized carbons (Fsp3) is 0.538. The molecule has 17 heavy (non-hydrogen) atoms. The van der Waals surface area contributed by atoms with Gasteiger partial charge < -0.3 is 20.5 Å². The highest BCUT2D eigenvalue weighted by Crippen LogP contribution is 2.33. The van der Waals surface area contributed by atoms with Crippen molar-refractivity contribution in [2.45, 2.75) is 31.9 Å². The standard InChI is InChI=1S/C13H20N2O2/c1-3-17-10-7-9(8-10)15-11-5-4-6-12(16-2)13(11)14/h4-6,9-10,15H,3,7-8,14H2,1-2H3. The number of para-hydroxylation sites is 1. The number of rotatable bonds is 5. The summed E-state index contributed by atoms with van der Waals surface area (Å²) in [7, 11) is 1.63. The molecule has 1 aromatic carbocycles. The van der Waals surface area contributed by atoms with E-state index in [4.69, 9.17) is 15.2 Å². The van der Waals surface area contributed by atoms with Crippen molar-refractivity contribution in [1.29, 1.82) is 0 Å². The van der Waals surface area contributed by atoms with Crippen LogP contribution in [0.15, 0.2) is 18.2 Å². The maximum absolute atomic E-state index is 6.00. The van der Waals surface area contributed by atoms with E-state index in [2.05, 4.69) is 5.32 Å². The second kappa shape index (κ2) is 5.27. The molecular formula is C13H20N2O2. The van der Waals surface area contributed by atoms with Crippen LogP contribution in [0.5, 0.6) is 5.75 Å². The van der Waals surface area contributed by atoms with E-state index in [0.29, 0.717) is 17.8 Å². The van der Waals surface area contributed by atoms with E-state index in [1.165, 1.54) is 0 Å². The molecule has 0 aromatic heterocycles. The Morgan fingerprint density at radius 2 is 2.18 bits per heavy atom. The van der Waals surface area contributed by atoms with E-state index >= 15 is 0 Å². The van der Waals surface area contributed by atoms with Crippen LogP contribution in [-0.2, 0) is 4.74 Å². The summed E-state index contributed by atoms with van der Waals surface area (Å²) in [5.41, 5.74) is 7.62. The van der Waals surface area contributed by atoms with Gasteiger partial charge in [-0.3, -0.25) is 0 Å². The van der Waals surface area contributed by atoms with Crippen LogP contribution in [0.3, 0.4) is 0 Å². The number of nitrogens with one attached hydrogen (secondary N) is 1. The number of ether oxygens (including phenoxy) is 2. The third-order valence-corrected chi connectivity index (χ3v) is 3.14. The fourth-order valence-corrected chi connectivity index (χ4v) is 2.12. The predicted octanol–water partition coefficient (Wildman–Crippen LogP) is 2.26. The van der Waals surface area contributed by atoms with Gasteiger partial charge in [-0.15, -0.1) is 0 Å². The summed E-state index contributed by atoms with van der Waals surface area (Å²) in [6.45, 7) is 2.82. The molecule has 0 spiro atoms. The molecular weight excluding hydrogens is 216 g/mol. The maximum atomic E-state index is 6.00. The van der Waals surface area contributed by atoms with Crippen LogP contribution < -0.4 is 15.8 Å². The molecule has 1 saturated carbocycles. The molecule has 0 heterocycles. The van der Waals surface area contributed by atoms with Gasteiger partial charge in [-0.2, -0.15) is 0 Å². The minimum atomic E-state index is 0.407. The van der Waals surface area contributed by atoms with E-state index in [1.54, 1.807) is 7.11 Å². The van der Waals surface area contributed by atoms with Crippen LogP contribution in [0.25, 0.3) is 0 Å². The second-order valence-electron chi connectivity index (χ2n) is 4.31. The van der Waals surface area contributed by atoms with Gasteiger partial charge in [-0.1, -0.05) is 6.07 Å². The van der Waals surface area contributed by atoms with Crippen molar-refractivity contribution < 1.29 is 9.47 Å². The number of nitrogen functional groups attached to an aromatic ring is 1. The first kappa shape index (κ1) is 12.0. The third kappa shape index (κ3) is 2.64. The molecule has 0 aliphatic heterocycles. The average molecular weight is 236 g/mol. The lowest BCUT2D eigenvalue weighted by atomic mass is 9.89. The molecule has 4 heteroatoms. The minimum absolute atomic E-state index is 0.407. The zero-order valence-electron chi connectivity index (χ0n) is 10.4. The van der Waals surface area contributed by atoms with Crippen molar-refractivity contribution in [3.8, 4) is 5.75 Å². The number of benzene rings is 1. The van der Waals surface area contributed by atoms with E-state index in [9.17, 15) is 0 Å². The second-order valence-corrected chi connectivity index (χ2v) is 4.31. The zero-order valence-corrected chi connectivity index (χ0v) is 10.4. The quantitative estimate of drug-likeness (QED) is 0.770. The van der Waals surface area contributed by atoms with Gasteiger partial charge in [0.25, 0.3) is 0 Å². The Morgan fingerprint density at radius 3 is 2.82 bits per heavy atom. The highest BCUT2D eigenvalue weighted by atomic mass is 16.5. The summed E-state index contributed by atoms with van der Waals surface area (Å²) in [4.78, 5) is 0. The summed E-state index contributed by atoms with van der Waals surface area (Å²) < 4.78 is 10.7. The lowest BCUT2D eigenvalue weighted by Gasteiger charge is -2.36. The lowest BCUT2D eigenvalue weighted by Crippen LogP contribution is -2.40. The van der Waals surface area contributed by atoms with Gasteiger partial charge in [0.15, 0.2) is 0 Å². The summed E-state index contributed by atoms with van der Waals surface area (Å²) in [5, 5.41) is 3.42. The molecule has 0 radical (unpaired) electrons. The Bertz CT molecular complexity index is 376. The monoisotopic (exact) mass is 236 g/mol. The molecule has 2 rings (SSSR count). The summed E-state index contributed by atoms with van der Waals surface area (Å²) in [5.74, 6) is 0.718. The van der Waals surface area contributed by atoms with Crippen molar-refractivity contribution in [2.24, 2.45) is 0 Å². The fourth-order valence-electron chi connectivity index (χ4n) is 2.12. The molecule has 0 unspecified atom stereocenters. The first-order valence-corrected chi connectivity index (χ1v) is 6.05. The van der Waals surface area contributed by atoms with Gasteiger partial charge in [0.2, 0.25) is 0 Å². The lowest BCUT2D eigenvalue weighted by molar-refractivity contribution is 0.00300. The smallest absolute Gasteiger partial charge is 0.143 e. The molecule has 3 N–H and O–H groups in total. The first-order chi connectivity index (χ1) is 8.24. The Hall–Kier alpha value is -1.42. The van der Waals surface area contributed by atoms with Crippen molar-refractivity contribution in [3.05, 3.63) is 18.2 Å². The Kier molecular flexibility index (Phi) is 3.74. The van der Waals surface area contributed by atoms with Gasteiger partial charge in [0.05, 0.1) is 24.6 Å². The number of hydrogen-bond acceptors (Lipinski definition) is 4. The van der Waals surface area contributed by atoms with Gasteiger partial charge in [0.1, 0.15) is 5.75 Å². The van der Waals surface area contributed by atoms with Crippen molar-refractivity contribution in [3.63, 3.8) is 0 Å². The summed E-state index contributed by atoms with van der Waals surface area (Å²) in [6, 6.07) is 6.24.